The van der Waals surface area contributed by atoms with Gasteiger partial charge in [-0.25, -0.2) is 4.79 Å². The van der Waals surface area contributed by atoms with Gasteiger partial charge in [0.15, 0.2) is 0 Å². The Bertz CT molecular complexity index is 617. The minimum Gasteiger partial charge on any atom is -0.481 e. The number of carbonyl (C=O) groups is 3. The molecule has 1 heterocycles. The zero-order valence-electron chi connectivity index (χ0n) is 13.2. The second-order valence-electron chi connectivity index (χ2n) is 5.66. The molecule has 2 atom stereocenters. The van der Waals surface area contributed by atoms with Crippen LogP contribution >= 0.6 is 0 Å². The van der Waals surface area contributed by atoms with Crippen molar-refractivity contribution in [3.05, 3.63) is 29.8 Å². The van der Waals surface area contributed by atoms with Gasteiger partial charge in [-0.05, 0) is 31.9 Å². The molecule has 0 bridgehead atoms. The number of aliphatic carboxylic acids is 1. The first kappa shape index (κ1) is 16.8. The average Bonchev–Trinajstić information content (AvgIpc) is 2.81. The topological polar surface area (TPSA) is 98.7 Å². The largest absolute Gasteiger partial charge is 0.481 e. The lowest BCUT2D eigenvalue weighted by molar-refractivity contribution is -0.136. The molecular formula is C16H21N3O4. The zero-order chi connectivity index (χ0) is 17.0. The second kappa shape index (κ2) is 7.13. The Balaban J connectivity index is 1.95. The summed E-state index contributed by atoms with van der Waals surface area (Å²) in [5.41, 5.74) is 2.00. The molecule has 7 nitrogen and oxygen atoms in total. The monoisotopic (exact) mass is 319 g/mol. The first-order chi connectivity index (χ1) is 10.9. The Morgan fingerprint density at radius 3 is 2.74 bits per heavy atom. The normalized spacial score (nSPS) is 17.3. The highest BCUT2D eigenvalue weighted by Crippen LogP contribution is 2.32. The van der Waals surface area contributed by atoms with Gasteiger partial charge in [0.1, 0.15) is 6.04 Å². The van der Waals surface area contributed by atoms with Crippen LogP contribution in [0.2, 0.25) is 0 Å². The van der Waals surface area contributed by atoms with E-state index in [9.17, 15) is 14.4 Å². The summed E-state index contributed by atoms with van der Waals surface area (Å²) in [5.74, 6) is -1.17. The Kier molecular flexibility index (Phi) is 5.20. The van der Waals surface area contributed by atoms with Crippen molar-refractivity contribution in [3.8, 4) is 0 Å². The lowest BCUT2D eigenvalue weighted by Gasteiger charge is -2.26. The van der Waals surface area contributed by atoms with Crippen molar-refractivity contribution in [2.24, 2.45) is 0 Å². The number of fused-ring (bicyclic) bond motifs is 1. The van der Waals surface area contributed by atoms with Gasteiger partial charge < -0.3 is 20.6 Å². The van der Waals surface area contributed by atoms with Crippen LogP contribution in [0.1, 0.15) is 25.8 Å². The van der Waals surface area contributed by atoms with E-state index in [0.29, 0.717) is 0 Å². The van der Waals surface area contributed by atoms with Crippen LogP contribution in [0.25, 0.3) is 0 Å². The van der Waals surface area contributed by atoms with Crippen LogP contribution in [-0.2, 0) is 16.0 Å². The number of nitrogens with zero attached hydrogens (tertiary/aromatic N) is 1. The molecule has 3 amide bonds. The van der Waals surface area contributed by atoms with Crippen LogP contribution in [0, 0.1) is 0 Å². The van der Waals surface area contributed by atoms with Gasteiger partial charge in [-0.2, -0.15) is 0 Å². The highest BCUT2D eigenvalue weighted by atomic mass is 16.4. The fourth-order valence-electron chi connectivity index (χ4n) is 2.70. The summed E-state index contributed by atoms with van der Waals surface area (Å²) in [7, 11) is 0. The van der Waals surface area contributed by atoms with Gasteiger partial charge in [0.2, 0.25) is 5.91 Å². The number of carboxylic acids is 1. The van der Waals surface area contributed by atoms with Gasteiger partial charge in [-0.3, -0.25) is 9.59 Å². The minimum atomic E-state index is -0.989. The van der Waals surface area contributed by atoms with E-state index in [1.165, 1.54) is 0 Å². The molecule has 0 radical (unpaired) electrons. The van der Waals surface area contributed by atoms with Crippen LogP contribution in [0.15, 0.2) is 24.3 Å². The molecule has 2 rings (SSSR count). The summed E-state index contributed by atoms with van der Waals surface area (Å²) in [4.78, 5) is 36.4. The highest BCUT2D eigenvalue weighted by Gasteiger charge is 2.33. The van der Waals surface area contributed by atoms with Crippen molar-refractivity contribution in [2.75, 3.05) is 11.4 Å². The molecule has 2 unspecified atom stereocenters. The summed E-state index contributed by atoms with van der Waals surface area (Å²) >= 11 is 0. The third kappa shape index (κ3) is 4.00. The summed E-state index contributed by atoms with van der Waals surface area (Å²) in [6.07, 6.45) is 0.631. The van der Waals surface area contributed by atoms with Gasteiger partial charge in [-0.15, -0.1) is 0 Å². The number of urea groups is 1. The second-order valence-corrected chi connectivity index (χ2v) is 5.66. The molecule has 1 aliphatic heterocycles. The molecule has 0 fully saturated rings. The Morgan fingerprint density at radius 1 is 1.35 bits per heavy atom. The van der Waals surface area contributed by atoms with Crippen molar-refractivity contribution in [2.45, 2.75) is 38.8 Å². The maximum atomic E-state index is 12.6. The first-order valence-corrected chi connectivity index (χ1v) is 7.57. The number of amides is 3. The van der Waals surface area contributed by atoms with Gasteiger partial charge in [0.05, 0.1) is 6.42 Å². The van der Waals surface area contributed by atoms with Crippen molar-refractivity contribution in [1.82, 2.24) is 10.6 Å². The van der Waals surface area contributed by atoms with Crippen LogP contribution in [-0.4, -0.2) is 41.6 Å². The van der Waals surface area contributed by atoms with Gasteiger partial charge >= 0.3 is 12.0 Å². The van der Waals surface area contributed by atoms with E-state index in [1.807, 2.05) is 31.2 Å². The van der Waals surface area contributed by atoms with Crippen molar-refractivity contribution in [3.63, 3.8) is 0 Å². The molecule has 0 saturated heterocycles. The maximum absolute atomic E-state index is 12.6. The molecule has 1 aromatic rings. The summed E-state index contributed by atoms with van der Waals surface area (Å²) in [5, 5.41) is 13.5. The van der Waals surface area contributed by atoms with E-state index in [2.05, 4.69) is 10.6 Å². The molecule has 7 heteroatoms. The minimum absolute atomic E-state index is 0.0189. The molecule has 1 aliphatic rings. The number of para-hydroxylation sites is 1. The Labute approximate surface area is 134 Å². The number of benzene rings is 1. The quantitative estimate of drug-likeness (QED) is 0.757. The van der Waals surface area contributed by atoms with E-state index in [4.69, 9.17) is 5.11 Å². The first-order valence-electron chi connectivity index (χ1n) is 7.57. The molecule has 1 aromatic carbocycles. The molecule has 124 valence electrons. The van der Waals surface area contributed by atoms with Crippen molar-refractivity contribution in [1.29, 1.82) is 0 Å². The van der Waals surface area contributed by atoms with Crippen molar-refractivity contribution < 1.29 is 19.5 Å². The zero-order valence-corrected chi connectivity index (χ0v) is 13.2. The van der Waals surface area contributed by atoms with E-state index >= 15 is 0 Å². The summed E-state index contributed by atoms with van der Waals surface area (Å²) in [6.45, 7) is 3.61. The number of hydrogen-bond acceptors (Lipinski definition) is 3. The van der Waals surface area contributed by atoms with Crippen LogP contribution in [0.4, 0.5) is 10.5 Å². The molecule has 0 aliphatic carbocycles. The van der Waals surface area contributed by atoms with Gasteiger partial charge in [0.25, 0.3) is 0 Å². The number of hydrogen-bond donors (Lipinski definition) is 3. The fraction of sp³-hybridized carbons (Fsp3) is 0.438. The predicted molar refractivity (Wildman–Crippen MR) is 85.3 cm³/mol. The molecule has 23 heavy (non-hydrogen) atoms. The smallest absolute Gasteiger partial charge is 0.315 e. The molecule has 0 spiro atoms. The van der Waals surface area contributed by atoms with Gasteiger partial charge in [-0.1, -0.05) is 18.2 Å². The summed E-state index contributed by atoms with van der Waals surface area (Å²) in [6, 6.07) is 6.51. The molecule has 0 saturated carbocycles. The van der Waals surface area contributed by atoms with E-state index in [-0.39, 0.29) is 24.9 Å². The molecule has 0 aromatic heterocycles. The fourth-order valence-corrected chi connectivity index (χ4v) is 2.70. The van der Waals surface area contributed by atoms with E-state index in [0.717, 1.165) is 17.7 Å². The third-order valence-corrected chi connectivity index (χ3v) is 3.79. The SMILES string of the molecule is CC(NC(=O)NCCC(=O)O)C(=O)N1c2ccccc2CC1C. The number of anilines is 1. The lowest BCUT2D eigenvalue weighted by atomic mass is 10.1. The summed E-state index contributed by atoms with van der Waals surface area (Å²) < 4.78 is 0. The molecular weight excluding hydrogens is 298 g/mol. The third-order valence-electron chi connectivity index (χ3n) is 3.79. The highest BCUT2D eigenvalue weighted by molar-refractivity contribution is 6.00. The average molecular weight is 319 g/mol. The van der Waals surface area contributed by atoms with Crippen LogP contribution in [0.5, 0.6) is 0 Å². The van der Waals surface area contributed by atoms with Crippen LogP contribution in [0.3, 0.4) is 0 Å². The van der Waals surface area contributed by atoms with E-state index in [1.54, 1.807) is 11.8 Å². The van der Waals surface area contributed by atoms with Crippen LogP contribution < -0.4 is 15.5 Å². The van der Waals surface area contributed by atoms with Crippen molar-refractivity contribution >= 4 is 23.6 Å². The lowest BCUT2D eigenvalue weighted by Crippen LogP contribution is -2.51. The predicted octanol–water partition coefficient (Wildman–Crippen LogP) is 1.13. The number of carboxylic acid groups (broad SMARTS) is 1. The maximum Gasteiger partial charge on any atom is 0.315 e. The number of carbonyl (C=O) groups excluding carboxylic acids is 2. The Hall–Kier alpha value is -2.57. The molecule has 3 N–H and O–H groups in total. The van der Waals surface area contributed by atoms with Gasteiger partial charge in [0, 0.05) is 18.3 Å². The Morgan fingerprint density at radius 2 is 2.04 bits per heavy atom. The number of rotatable bonds is 5. The number of nitrogens with one attached hydrogen (secondary N) is 2. The standard InChI is InChI=1S/C16H21N3O4/c1-10-9-12-5-3-4-6-13(12)19(10)15(22)11(2)18-16(23)17-8-7-14(20)21/h3-6,10-11H,7-9H2,1-2H3,(H,20,21)(H2,17,18,23). The van der Waals surface area contributed by atoms with E-state index < -0.39 is 18.0 Å².